The first kappa shape index (κ1) is 13.3. The highest BCUT2D eigenvalue weighted by Crippen LogP contribution is 2.25. The fourth-order valence-corrected chi connectivity index (χ4v) is 4.15. The summed E-state index contributed by atoms with van der Waals surface area (Å²) in [6.45, 7) is 3.94. The van der Waals surface area contributed by atoms with E-state index >= 15 is 0 Å². The molecule has 0 aromatic carbocycles. The number of hydrogen-bond donors (Lipinski definition) is 1. The third kappa shape index (κ3) is 2.99. The van der Waals surface area contributed by atoms with Gasteiger partial charge in [-0.25, -0.2) is 0 Å². The van der Waals surface area contributed by atoms with E-state index in [1.54, 1.807) is 11.2 Å². The lowest BCUT2D eigenvalue weighted by atomic mass is 9.95. The number of hydrogen-bond acceptors (Lipinski definition) is 3. The van der Waals surface area contributed by atoms with Gasteiger partial charge < -0.3 is 5.11 Å². The molecule has 17 heavy (non-hydrogen) atoms. The maximum atomic E-state index is 12.3. The summed E-state index contributed by atoms with van der Waals surface area (Å²) >= 11 is 0. The zero-order chi connectivity index (χ0) is 12.5. The highest BCUT2D eigenvalue weighted by atomic mass is 32.2. The highest BCUT2D eigenvalue weighted by Gasteiger charge is 2.36. The van der Waals surface area contributed by atoms with Gasteiger partial charge in [0.25, 0.3) is 10.2 Å². The van der Waals surface area contributed by atoms with Gasteiger partial charge in [-0.15, -0.1) is 0 Å². The Balaban J connectivity index is 2.01. The van der Waals surface area contributed by atoms with Crippen molar-refractivity contribution in [1.29, 1.82) is 0 Å². The molecule has 2 fully saturated rings. The van der Waals surface area contributed by atoms with Crippen molar-refractivity contribution in [1.82, 2.24) is 8.61 Å². The van der Waals surface area contributed by atoms with Gasteiger partial charge in [-0.05, 0) is 32.6 Å². The molecule has 6 heteroatoms. The summed E-state index contributed by atoms with van der Waals surface area (Å²) in [6.07, 6.45) is 4.11. The van der Waals surface area contributed by atoms with Crippen molar-refractivity contribution in [3.05, 3.63) is 0 Å². The fourth-order valence-electron chi connectivity index (χ4n) is 2.46. The molecule has 0 aliphatic carbocycles. The zero-order valence-corrected chi connectivity index (χ0v) is 11.2. The molecule has 2 aliphatic heterocycles. The second-order valence-electron chi connectivity index (χ2n) is 5.36. The van der Waals surface area contributed by atoms with Gasteiger partial charge in [-0.3, -0.25) is 0 Å². The average Bonchev–Trinajstić information content (AvgIpc) is 2.29. The van der Waals surface area contributed by atoms with Crippen LogP contribution in [-0.4, -0.2) is 53.9 Å². The van der Waals surface area contributed by atoms with Crippen LogP contribution in [0.5, 0.6) is 0 Å². The van der Waals surface area contributed by atoms with Gasteiger partial charge in [0.15, 0.2) is 0 Å². The summed E-state index contributed by atoms with van der Waals surface area (Å²) in [5.41, 5.74) is -0.700. The molecule has 2 rings (SSSR count). The standard InChI is InChI=1S/C11H22N2O3S/c1-11(14)5-9-13(10-6-11)17(15,16)12-7-3-2-4-8-12/h14H,2-10H2,1H3. The summed E-state index contributed by atoms with van der Waals surface area (Å²) in [7, 11) is -3.28. The van der Waals surface area contributed by atoms with Crippen LogP contribution in [0, 0.1) is 0 Å². The third-order valence-electron chi connectivity index (χ3n) is 3.77. The van der Waals surface area contributed by atoms with Crippen LogP contribution in [0.15, 0.2) is 0 Å². The topological polar surface area (TPSA) is 60.9 Å². The molecule has 0 saturated carbocycles. The smallest absolute Gasteiger partial charge is 0.281 e. The molecule has 1 N–H and O–H groups in total. The Morgan fingerprint density at radius 3 is 1.94 bits per heavy atom. The van der Waals surface area contributed by atoms with Crippen molar-refractivity contribution in [2.75, 3.05) is 26.2 Å². The predicted octanol–water partition coefficient (Wildman–Crippen LogP) is 0.564. The Morgan fingerprint density at radius 2 is 1.41 bits per heavy atom. The summed E-state index contributed by atoms with van der Waals surface area (Å²) in [5, 5.41) is 9.83. The van der Waals surface area contributed by atoms with E-state index < -0.39 is 15.8 Å². The van der Waals surface area contributed by atoms with E-state index in [1.807, 2.05) is 0 Å². The quantitative estimate of drug-likeness (QED) is 0.791. The molecule has 2 heterocycles. The van der Waals surface area contributed by atoms with E-state index in [9.17, 15) is 13.5 Å². The molecule has 5 nitrogen and oxygen atoms in total. The fraction of sp³-hybridized carbons (Fsp3) is 1.00. The van der Waals surface area contributed by atoms with Crippen molar-refractivity contribution in [3.8, 4) is 0 Å². The predicted molar refractivity (Wildman–Crippen MR) is 65.8 cm³/mol. The van der Waals surface area contributed by atoms with Crippen LogP contribution in [0.25, 0.3) is 0 Å². The van der Waals surface area contributed by atoms with Crippen LogP contribution in [-0.2, 0) is 10.2 Å². The molecule has 0 amide bonds. The highest BCUT2D eigenvalue weighted by molar-refractivity contribution is 7.86. The molecular formula is C11H22N2O3S. The summed E-state index contributed by atoms with van der Waals surface area (Å²) < 4.78 is 27.8. The number of rotatable bonds is 2. The first-order valence-corrected chi connectivity index (χ1v) is 7.79. The van der Waals surface area contributed by atoms with Crippen LogP contribution in [0.2, 0.25) is 0 Å². The SMILES string of the molecule is CC1(O)CCN(S(=O)(=O)N2CCCCC2)CC1. The number of aliphatic hydroxyl groups is 1. The van der Waals surface area contributed by atoms with Gasteiger partial charge in [0, 0.05) is 26.2 Å². The van der Waals surface area contributed by atoms with Crippen molar-refractivity contribution in [2.24, 2.45) is 0 Å². The van der Waals surface area contributed by atoms with Crippen molar-refractivity contribution >= 4 is 10.2 Å². The minimum absolute atomic E-state index is 0.436. The van der Waals surface area contributed by atoms with Crippen LogP contribution < -0.4 is 0 Å². The third-order valence-corrected chi connectivity index (χ3v) is 5.80. The second-order valence-corrected chi connectivity index (χ2v) is 7.29. The maximum absolute atomic E-state index is 12.3. The lowest BCUT2D eigenvalue weighted by molar-refractivity contribution is 0.0114. The molecule has 0 spiro atoms. The Hall–Kier alpha value is -0.170. The van der Waals surface area contributed by atoms with Crippen LogP contribution in [0.1, 0.15) is 39.0 Å². The molecule has 2 saturated heterocycles. The molecule has 100 valence electrons. The lowest BCUT2D eigenvalue weighted by Crippen LogP contribution is -2.51. The largest absolute Gasteiger partial charge is 0.390 e. The van der Waals surface area contributed by atoms with E-state index in [0.717, 1.165) is 19.3 Å². The summed E-state index contributed by atoms with van der Waals surface area (Å²) in [4.78, 5) is 0. The van der Waals surface area contributed by atoms with E-state index in [2.05, 4.69) is 0 Å². The Kier molecular flexibility index (Phi) is 3.77. The molecular weight excluding hydrogens is 240 g/mol. The first-order valence-electron chi connectivity index (χ1n) is 6.39. The zero-order valence-electron chi connectivity index (χ0n) is 10.4. The molecule has 0 bridgehead atoms. The molecule has 0 aromatic rings. The van der Waals surface area contributed by atoms with Gasteiger partial charge in [-0.1, -0.05) is 6.42 Å². The Bertz CT molecular complexity index is 351. The molecule has 0 aromatic heterocycles. The van der Waals surface area contributed by atoms with Gasteiger partial charge in [0.2, 0.25) is 0 Å². The van der Waals surface area contributed by atoms with Gasteiger partial charge in [0.1, 0.15) is 0 Å². The van der Waals surface area contributed by atoms with E-state index in [1.165, 1.54) is 4.31 Å². The molecule has 2 aliphatic rings. The first-order chi connectivity index (χ1) is 7.92. The molecule has 0 radical (unpaired) electrons. The van der Waals surface area contributed by atoms with E-state index in [-0.39, 0.29) is 0 Å². The van der Waals surface area contributed by atoms with E-state index in [0.29, 0.717) is 39.0 Å². The summed E-state index contributed by atoms with van der Waals surface area (Å²) in [5.74, 6) is 0. The van der Waals surface area contributed by atoms with E-state index in [4.69, 9.17) is 0 Å². The van der Waals surface area contributed by atoms with Crippen LogP contribution in [0.3, 0.4) is 0 Å². The average molecular weight is 262 g/mol. The second kappa shape index (κ2) is 4.84. The van der Waals surface area contributed by atoms with Gasteiger partial charge in [0.05, 0.1) is 5.60 Å². The number of nitrogens with zero attached hydrogens (tertiary/aromatic N) is 2. The van der Waals surface area contributed by atoms with Crippen LogP contribution >= 0.6 is 0 Å². The Labute approximate surface area is 104 Å². The van der Waals surface area contributed by atoms with Gasteiger partial charge >= 0.3 is 0 Å². The normalized spacial score (nSPS) is 28.1. The van der Waals surface area contributed by atoms with Crippen molar-refractivity contribution in [3.63, 3.8) is 0 Å². The van der Waals surface area contributed by atoms with Gasteiger partial charge in [-0.2, -0.15) is 17.0 Å². The van der Waals surface area contributed by atoms with Crippen molar-refractivity contribution in [2.45, 2.75) is 44.6 Å². The Morgan fingerprint density at radius 1 is 0.941 bits per heavy atom. The number of piperidine rings is 2. The minimum atomic E-state index is -3.28. The monoisotopic (exact) mass is 262 g/mol. The lowest BCUT2D eigenvalue weighted by Gasteiger charge is -2.38. The van der Waals surface area contributed by atoms with Crippen LogP contribution in [0.4, 0.5) is 0 Å². The molecule has 0 unspecified atom stereocenters. The van der Waals surface area contributed by atoms with Crippen molar-refractivity contribution < 1.29 is 13.5 Å². The minimum Gasteiger partial charge on any atom is -0.390 e. The maximum Gasteiger partial charge on any atom is 0.281 e. The summed E-state index contributed by atoms with van der Waals surface area (Å²) in [6, 6.07) is 0. The molecule has 0 atom stereocenters.